The minimum Gasteiger partial charge on any atom is -0.379 e. The van der Waals surface area contributed by atoms with Crippen LogP contribution in [0.2, 0.25) is 0 Å². The molecular formula is C15H31NO4. The van der Waals surface area contributed by atoms with Gasteiger partial charge in [-0.15, -0.1) is 0 Å². The smallest absolute Gasteiger partial charge is 0.220 e. The van der Waals surface area contributed by atoms with Crippen molar-refractivity contribution in [3.63, 3.8) is 0 Å². The highest BCUT2D eigenvalue weighted by atomic mass is 16.5. The maximum absolute atomic E-state index is 11.4. The van der Waals surface area contributed by atoms with Crippen LogP contribution in [-0.2, 0) is 19.0 Å². The molecule has 0 fully saturated rings. The van der Waals surface area contributed by atoms with Gasteiger partial charge in [-0.3, -0.25) is 4.79 Å². The van der Waals surface area contributed by atoms with Crippen molar-refractivity contribution < 1.29 is 19.0 Å². The Kier molecular flexibility index (Phi) is 14.3. The number of hydrogen-bond donors (Lipinski definition) is 1. The van der Waals surface area contributed by atoms with Gasteiger partial charge in [0.1, 0.15) is 0 Å². The molecule has 0 rings (SSSR count). The summed E-state index contributed by atoms with van der Waals surface area (Å²) in [5.74, 6) is 0.0557. The zero-order chi connectivity index (χ0) is 15.1. The molecule has 5 nitrogen and oxygen atoms in total. The van der Waals surface area contributed by atoms with E-state index >= 15 is 0 Å². The fourth-order valence-corrected chi connectivity index (χ4v) is 1.47. The molecule has 0 saturated heterocycles. The second-order valence-corrected chi connectivity index (χ2v) is 4.95. The van der Waals surface area contributed by atoms with Crippen LogP contribution in [0.1, 0.15) is 46.5 Å². The standard InChI is InChI=1S/C15H31NO4/c1-4-5-9-18-12-13-19-11-8-16-15(17)7-6-10-20-14(2)3/h14H,4-13H2,1-3H3,(H,16,17). The van der Waals surface area contributed by atoms with Crippen molar-refractivity contribution in [2.45, 2.75) is 52.6 Å². The van der Waals surface area contributed by atoms with Crippen LogP contribution < -0.4 is 5.32 Å². The van der Waals surface area contributed by atoms with Crippen LogP contribution in [0.25, 0.3) is 0 Å². The predicted octanol–water partition coefficient (Wildman–Crippen LogP) is 2.14. The van der Waals surface area contributed by atoms with E-state index in [0.717, 1.165) is 25.9 Å². The number of amides is 1. The SMILES string of the molecule is CCCCOCCOCCNC(=O)CCCOC(C)C. The van der Waals surface area contributed by atoms with Crippen molar-refractivity contribution >= 4 is 5.91 Å². The number of carbonyl (C=O) groups is 1. The Labute approximate surface area is 123 Å². The molecule has 1 N–H and O–H groups in total. The average Bonchev–Trinajstić information content (AvgIpc) is 2.41. The van der Waals surface area contributed by atoms with Gasteiger partial charge in [0, 0.05) is 26.2 Å². The van der Waals surface area contributed by atoms with Crippen LogP contribution in [0, 0.1) is 0 Å². The first kappa shape index (κ1) is 19.4. The van der Waals surface area contributed by atoms with E-state index in [4.69, 9.17) is 14.2 Å². The van der Waals surface area contributed by atoms with E-state index in [-0.39, 0.29) is 12.0 Å². The molecule has 120 valence electrons. The van der Waals surface area contributed by atoms with Crippen molar-refractivity contribution in [3.8, 4) is 0 Å². The second kappa shape index (κ2) is 14.8. The largest absolute Gasteiger partial charge is 0.379 e. The fraction of sp³-hybridized carbons (Fsp3) is 0.933. The van der Waals surface area contributed by atoms with Crippen LogP contribution in [0.5, 0.6) is 0 Å². The first-order valence-corrected chi connectivity index (χ1v) is 7.70. The predicted molar refractivity (Wildman–Crippen MR) is 79.9 cm³/mol. The summed E-state index contributed by atoms with van der Waals surface area (Å²) in [7, 11) is 0. The van der Waals surface area contributed by atoms with Crippen LogP contribution in [-0.4, -0.2) is 51.6 Å². The summed E-state index contributed by atoms with van der Waals surface area (Å²) < 4.78 is 16.1. The zero-order valence-electron chi connectivity index (χ0n) is 13.3. The molecule has 0 aliphatic carbocycles. The summed E-state index contributed by atoms with van der Waals surface area (Å²) in [6.07, 6.45) is 3.74. The number of unbranched alkanes of at least 4 members (excludes halogenated alkanes) is 1. The molecule has 0 heterocycles. The van der Waals surface area contributed by atoms with Gasteiger partial charge >= 0.3 is 0 Å². The summed E-state index contributed by atoms with van der Waals surface area (Å²) in [5, 5.41) is 2.82. The van der Waals surface area contributed by atoms with E-state index in [1.807, 2.05) is 13.8 Å². The lowest BCUT2D eigenvalue weighted by atomic mass is 10.3. The molecule has 0 aromatic carbocycles. The number of hydrogen-bond acceptors (Lipinski definition) is 4. The minimum absolute atomic E-state index is 0.0557. The van der Waals surface area contributed by atoms with Crippen molar-refractivity contribution in [3.05, 3.63) is 0 Å². The monoisotopic (exact) mass is 289 g/mol. The van der Waals surface area contributed by atoms with Gasteiger partial charge in [-0.05, 0) is 26.7 Å². The third-order valence-electron chi connectivity index (χ3n) is 2.58. The van der Waals surface area contributed by atoms with Gasteiger partial charge in [-0.25, -0.2) is 0 Å². The summed E-state index contributed by atoms with van der Waals surface area (Å²) in [6.45, 7) is 9.85. The maximum atomic E-state index is 11.4. The van der Waals surface area contributed by atoms with Gasteiger partial charge < -0.3 is 19.5 Å². The molecule has 0 spiro atoms. The van der Waals surface area contributed by atoms with Crippen LogP contribution in [0.3, 0.4) is 0 Å². The highest BCUT2D eigenvalue weighted by molar-refractivity contribution is 5.75. The van der Waals surface area contributed by atoms with Crippen LogP contribution in [0.15, 0.2) is 0 Å². The normalized spacial score (nSPS) is 11.0. The molecule has 0 aromatic heterocycles. The number of carbonyl (C=O) groups excluding carboxylic acids is 1. The highest BCUT2D eigenvalue weighted by Gasteiger charge is 2.01. The topological polar surface area (TPSA) is 56.8 Å². The molecule has 0 aliphatic rings. The van der Waals surface area contributed by atoms with E-state index in [2.05, 4.69) is 12.2 Å². The third kappa shape index (κ3) is 15.4. The lowest BCUT2D eigenvalue weighted by Crippen LogP contribution is -2.27. The fourth-order valence-electron chi connectivity index (χ4n) is 1.47. The summed E-state index contributed by atoms with van der Waals surface area (Å²) in [6, 6.07) is 0. The van der Waals surface area contributed by atoms with E-state index in [1.54, 1.807) is 0 Å². The van der Waals surface area contributed by atoms with Gasteiger partial charge in [0.25, 0.3) is 0 Å². The Bertz CT molecular complexity index is 222. The lowest BCUT2D eigenvalue weighted by molar-refractivity contribution is -0.121. The number of rotatable bonds is 14. The van der Waals surface area contributed by atoms with Gasteiger partial charge in [0.15, 0.2) is 0 Å². The molecule has 0 aromatic rings. The molecule has 0 unspecified atom stereocenters. The summed E-state index contributed by atoms with van der Waals surface area (Å²) in [4.78, 5) is 11.4. The molecule has 5 heteroatoms. The van der Waals surface area contributed by atoms with E-state index in [0.29, 0.717) is 39.4 Å². The van der Waals surface area contributed by atoms with E-state index in [9.17, 15) is 4.79 Å². The minimum atomic E-state index is 0.0557. The van der Waals surface area contributed by atoms with Crippen molar-refractivity contribution in [1.82, 2.24) is 5.32 Å². The van der Waals surface area contributed by atoms with Crippen LogP contribution >= 0.6 is 0 Å². The van der Waals surface area contributed by atoms with Gasteiger partial charge in [-0.1, -0.05) is 13.3 Å². The highest BCUT2D eigenvalue weighted by Crippen LogP contribution is 1.94. The molecular weight excluding hydrogens is 258 g/mol. The lowest BCUT2D eigenvalue weighted by Gasteiger charge is -2.08. The van der Waals surface area contributed by atoms with Crippen molar-refractivity contribution in [2.75, 3.05) is 39.6 Å². The first-order valence-electron chi connectivity index (χ1n) is 7.70. The molecule has 0 atom stereocenters. The molecule has 0 bridgehead atoms. The Balaban J connectivity index is 3.15. The van der Waals surface area contributed by atoms with E-state index in [1.165, 1.54) is 0 Å². The molecule has 20 heavy (non-hydrogen) atoms. The number of nitrogens with one attached hydrogen (secondary N) is 1. The quantitative estimate of drug-likeness (QED) is 0.498. The van der Waals surface area contributed by atoms with Gasteiger partial charge in [-0.2, -0.15) is 0 Å². The Morgan fingerprint density at radius 2 is 1.70 bits per heavy atom. The zero-order valence-corrected chi connectivity index (χ0v) is 13.3. The average molecular weight is 289 g/mol. The molecule has 0 aliphatic heterocycles. The van der Waals surface area contributed by atoms with Crippen molar-refractivity contribution in [2.24, 2.45) is 0 Å². The molecule has 0 saturated carbocycles. The molecule has 1 amide bonds. The second-order valence-electron chi connectivity index (χ2n) is 4.95. The Hall–Kier alpha value is -0.650. The number of ether oxygens (including phenoxy) is 3. The summed E-state index contributed by atoms with van der Waals surface area (Å²) >= 11 is 0. The van der Waals surface area contributed by atoms with Gasteiger partial charge in [0.05, 0.1) is 25.9 Å². The van der Waals surface area contributed by atoms with Crippen LogP contribution in [0.4, 0.5) is 0 Å². The Morgan fingerprint density at radius 1 is 1.00 bits per heavy atom. The van der Waals surface area contributed by atoms with Gasteiger partial charge in [0.2, 0.25) is 5.91 Å². The Morgan fingerprint density at radius 3 is 2.35 bits per heavy atom. The molecule has 0 radical (unpaired) electrons. The third-order valence-corrected chi connectivity index (χ3v) is 2.58. The van der Waals surface area contributed by atoms with E-state index < -0.39 is 0 Å². The van der Waals surface area contributed by atoms with Crippen molar-refractivity contribution in [1.29, 1.82) is 0 Å². The first-order chi connectivity index (χ1) is 9.66. The summed E-state index contributed by atoms with van der Waals surface area (Å²) in [5.41, 5.74) is 0. The maximum Gasteiger partial charge on any atom is 0.220 e.